The van der Waals surface area contributed by atoms with Crippen LogP contribution in [0.3, 0.4) is 0 Å². The zero-order valence-corrected chi connectivity index (χ0v) is 18.9. The molecular formula is C22H22ClN7O4. The third-order valence-corrected chi connectivity index (χ3v) is 6.61. The first kappa shape index (κ1) is 22.4. The molecule has 12 heteroatoms. The number of hydrogen-bond donors (Lipinski definition) is 2. The van der Waals surface area contributed by atoms with Gasteiger partial charge >= 0.3 is 0 Å². The molecule has 3 aliphatic rings. The summed E-state index contributed by atoms with van der Waals surface area (Å²) in [4.78, 5) is 65.9. The third kappa shape index (κ3) is 4.01. The molecule has 176 valence electrons. The lowest BCUT2D eigenvalue weighted by molar-refractivity contribution is -0.136. The summed E-state index contributed by atoms with van der Waals surface area (Å²) in [6, 6.07) is 4.16. The van der Waals surface area contributed by atoms with E-state index in [-0.39, 0.29) is 41.8 Å². The van der Waals surface area contributed by atoms with Crippen LogP contribution in [-0.4, -0.2) is 68.7 Å². The lowest BCUT2D eigenvalue weighted by atomic mass is 10.00. The summed E-state index contributed by atoms with van der Waals surface area (Å²) in [5.41, 5.74) is 1.13. The van der Waals surface area contributed by atoms with E-state index in [0.717, 1.165) is 30.8 Å². The molecular weight excluding hydrogens is 462 g/mol. The number of piperidine rings is 2. The van der Waals surface area contributed by atoms with Crippen LogP contribution in [0, 0.1) is 0 Å². The van der Waals surface area contributed by atoms with E-state index in [9.17, 15) is 19.2 Å². The molecule has 34 heavy (non-hydrogen) atoms. The smallest absolute Gasteiger partial charge is 0.262 e. The number of fused-ring (bicyclic) bond motifs is 1. The van der Waals surface area contributed by atoms with Crippen LogP contribution >= 0.6 is 11.6 Å². The van der Waals surface area contributed by atoms with Crippen molar-refractivity contribution in [2.24, 2.45) is 0 Å². The molecule has 1 unspecified atom stereocenters. The Balaban J connectivity index is 1.49. The molecule has 11 nitrogen and oxygen atoms in total. The van der Waals surface area contributed by atoms with Crippen molar-refractivity contribution in [3.8, 4) is 0 Å². The molecule has 1 aromatic carbocycles. The van der Waals surface area contributed by atoms with Gasteiger partial charge in [-0.2, -0.15) is 4.98 Å². The molecule has 0 bridgehead atoms. The number of hydrogen-bond acceptors (Lipinski definition) is 9. The summed E-state index contributed by atoms with van der Waals surface area (Å²) < 4.78 is 0. The first-order valence-corrected chi connectivity index (χ1v) is 11.5. The number of anilines is 1. The van der Waals surface area contributed by atoms with Crippen molar-refractivity contribution in [3.63, 3.8) is 0 Å². The predicted molar refractivity (Wildman–Crippen MR) is 120 cm³/mol. The predicted octanol–water partition coefficient (Wildman–Crippen LogP) is 0.685. The summed E-state index contributed by atoms with van der Waals surface area (Å²) in [7, 11) is 0. The van der Waals surface area contributed by atoms with Crippen molar-refractivity contribution in [2.75, 3.05) is 18.0 Å². The van der Waals surface area contributed by atoms with Gasteiger partial charge in [-0.1, -0.05) is 12.1 Å². The fourth-order valence-electron chi connectivity index (χ4n) is 4.79. The maximum absolute atomic E-state index is 13.5. The maximum atomic E-state index is 13.5. The number of amides is 4. The second-order valence-electron chi connectivity index (χ2n) is 8.45. The number of carbonyl (C=O) groups is 4. The summed E-state index contributed by atoms with van der Waals surface area (Å²) in [5, 5.41) is 5.61. The van der Waals surface area contributed by atoms with Gasteiger partial charge < -0.3 is 10.2 Å². The Kier molecular flexibility index (Phi) is 5.96. The first-order valence-electron chi connectivity index (χ1n) is 11.1. The van der Waals surface area contributed by atoms with Crippen molar-refractivity contribution >= 4 is 41.2 Å². The number of carbonyl (C=O) groups excluding carboxylic acids is 4. The van der Waals surface area contributed by atoms with Gasteiger partial charge in [-0.15, -0.1) is 0 Å². The number of benzene rings is 1. The van der Waals surface area contributed by atoms with Crippen LogP contribution in [-0.2, 0) is 16.1 Å². The van der Waals surface area contributed by atoms with Crippen LogP contribution in [0.4, 0.5) is 5.95 Å². The van der Waals surface area contributed by atoms with E-state index in [0.29, 0.717) is 11.5 Å². The largest absolute Gasteiger partial charge is 0.333 e. The summed E-state index contributed by atoms with van der Waals surface area (Å²) in [6.07, 6.45) is 3.20. The van der Waals surface area contributed by atoms with Gasteiger partial charge in [-0.25, -0.2) is 9.97 Å². The molecule has 3 aliphatic heterocycles. The van der Waals surface area contributed by atoms with Gasteiger partial charge in [-0.3, -0.25) is 29.4 Å². The van der Waals surface area contributed by atoms with Crippen LogP contribution in [0.15, 0.2) is 24.5 Å². The highest BCUT2D eigenvalue weighted by atomic mass is 35.5. The van der Waals surface area contributed by atoms with Crippen molar-refractivity contribution in [1.82, 2.24) is 30.5 Å². The summed E-state index contributed by atoms with van der Waals surface area (Å²) >= 11 is 6.03. The van der Waals surface area contributed by atoms with Gasteiger partial charge in [0, 0.05) is 19.0 Å². The van der Waals surface area contributed by atoms with Crippen LogP contribution < -0.4 is 15.5 Å². The Labute approximate surface area is 199 Å². The standard InChI is InChI=1S/C22H22ClN7O4/c23-21-25-11-26-22(28-21)29(13-6-8-24-9-7-13)10-12-2-1-3-14-17(12)20(34)30(19(14)33)15-4-5-16(31)27-18(15)32/h1-3,11,13,15,24H,4-10H2,(H,27,31,32). The van der Waals surface area contributed by atoms with Gasteiger partial charge in [0.25, 0.3) is 11.8 Å². The van der Waals surface area contributed by atoms with Gasteiger partial charge in [0.2, 0.25) is 23.0 Å². The quantitative estimate of drug-likeness (QED) is 0.588. The van der Waals surface area contributed by atoms with Gasteiger partial charge in [-0.05, 0) is 55.6 Å². The van der Waals surface area contributed by atoms with Crippen molar-refractivity contribution in [2.45, 2.75) is 44.3 Å². The Morgan fingerprint density at radius 3 is 2.59 bits per heavy atom. The molecule has 0 saturated carbocycles. The van der Waals surface area contributed by atoms with E-state index in [2.05, 4.69) is 25.6 Å². The molecule has 4 heterocycles. The van der Waals surface area contributed by atoms with E-state index < -0.39 is 29.7 Å². The molecule has 0 radical (unpaired) electrons. The Morgan fingerprint density at radius 2 is 1.85 bits per heavy atom. The second kappa shape index (κ2) is 9.07. The highest BCUT2D eigenvalue weighted by molar-refractivity contribution is 6.28. The minimum atomic E-state index is -1.01. The van der Waals surface area contributed by atoms with Gasteiger partial charge in [0.15, 0.2) is 0 Å². The van der Waals surface area contributed by atoms with Gasteiger partial charge in [0.05, 0.1) is 11.1 Å². The average molecular weight is 484 g/mol. The summed E-state index contributed by atoms with van der Waals surface area (Å²) in [6.45, 7) is 1.93. The number of halogens is 1. The van der Waals surface area contributed by atoms with E-state index in [1.165, 1.54) is 6.33 Å². The number of imide groups is 2. The molecule has 2 saturated heterocycles. The lowest BCUT2D eigenvalue weighted by Crippen LogP contribution is -2.54. The Bertz CT molecular complexity index is 1180. The first-order chi connectivity index (χ1) is 16.4. The van der Waals surface area contributed by atoms with Crippen LogP contribution in [0.25, 0.3) is 0 Å². The van der Waals surface area contributed by atoms with Crippen LogP contribution in [0.1, 0.15) is 52.0 Å². The number of aromatic nitrogens is 3. The number of rotatable bonds is 5. The fraction of sp³-hybridized carbons (Fsp3) is 0.409. The van der Waals surface area contributed by atoms with E-state index >= 15 is 0 Å². The number of nitrogens with one attached hydrogen (secondary N) is 2. The topological polar surface area (TPSA) is 137 Å². The average Bonchev–Trinajstić information content (AvgIpc) is 3.09. The van der Waals surface area contributed by atoms with Crippen LogP contribution in [0.2, 0.25) is 5.28 Å². The zero-order chi connectivity index (χ0) is 23.8. The highest BCUT2D eigenvalue weighted by Gasteiger charge is 2.45. The molecule has 1 atom stereocenters. The maximum Gasteiger partial charge on any atom is 0.262 e. The number of nitrogens with zero attached hydrogens (tertiary/aromatic N) is 5. The zero-order valence-electron chi connectivity index (χ0n) is 18.2. The minimum Gasteiger partial charge on any atom is -0.333 e. The molecule has 0 spiro atoms. The van der Waals surface area contributed by atoms with Crippen molar-refractivity contribution in [3.05, 3.63) is 46.5 Å². The fourth-order valence-corrected chi connectivity index (χ4v) is 4.91. The second-order valence-corrected chi connectivity index (χ2v) is 8.79. The lowest BCUT2D eigenvalue weighted by Gasteiger charge is -2.35. The van der Waals surface area contributed by atoms with Gasteiger partial charge in [0.1, 0.15) is 12.4 Å². The highest BCUT2D eigenvalue weighted by Crippen LogP contribution is 2.32. The Hall–Kier alpha value is -3.44. The summed E-state index contributed by atoms with van der Waals surface area (Å²) in [5.74, 6) is -1.73. The molecule has 4 amide bonds. The molecule has 0 aliphatic carbocycles. The SMILES string of the molecule is O=C1CCC(N2C(=O)c3cccc(CN(c4ncnc(Cl)n4)C4CCNCC4)c3C2=O)C(=O)N1. The van der Waals surface area contributed by atoms with E-state index in [4.69, 9.17) is 11.6 Å². The molecule has 2 fully saturated rings. The normalized spacial score (nSPS) is 21.0. The van der Waals surface area contributed by atoms with Crippen molar-refractivity contribution in [1.29, 1.82) is 0 Å². The van der Waals surface area contributed by atoms with Crippen molar-refractivity contribution < 1.29 is 19.2 Å². The molecule has 2 N–H and O–H groups in total. The Morgan fingerprint density at radius 1 is 1.06 bits per heavy atom. The van der Waals surface area contributed by atoms with E-state index in [1.807, 2.05) is 4.90 Å². The van der Waals surface area contributed by atoms with Crippen LogP contribution in [0.5, 0.6) is 0 Å². The van der Waals surface area contributed by atoms with E-state index in [1.54, 1.807) is 18.2 Å². The monoisotopic (exact) mass is 483 g/mol. The third-order valence-electron chi connectivity index (χ3n) is 6.43. The molecule has 5 rings (SSSR count). The minimum absolute atomic E-state index is 0.0671. The molecule has 1 aromatic heterocycles. The molecule has 2 aromatic rings.